The monoisotopic (exact) mass is 355 g/mol. The maximum atomic E-state index is 13.5. The third-order valence-corrected chi connectivity index (χ3v) is 4.18. The normalized spacial score (nSPS) is 14.9. The van der Waals surface area contributed by atoms with Gasteiger partial charge in [0.05, 0.1) is 6.10 Å². The zero-order chi connectivity index (χ0) is 14.8. The number of nitrogens with one attached hydrogen (secondary N) is 1. The molecule has 0 amide bonds. The summed E-state index contributed by atoms with van der Waals surface area (Å²) in [5, 5.41) is 18.0. The Labute approximate surface area is 117 Å². The topological polar surface area (TPSA) is 104 Å². The molecule has 0 aliphatic heterocycles. The van der Waals surface area contributed by atoms with Crippen molar-refractivity contribution in [2.75, 3.05) is 0 Å². The Bertz CT molecular complexity index is 590. The van der Waals surface area contributed by atoms with E-state index in [1.165, 1.54) is 6.07 Å². The van der Waals surface area contributed by atoms with E-state index in [-0.39, 0.29) is 0 Å². The van der Waals surface area contributed by atoms with Crippen LogP contribution in [0.5, 0.6) is 0 Å². The molecular weight excluding hydrogens is 345 g/mol. The van der Waals surface area contributed by atoms with Crippen molar-refractivity contribution in [2.45, 2.75) is 24.0 Å². The van der Waals surface area contributed by atoms with Crippen LogP contribution in [-0.2, 0) is 14.8 Å². The van der Waals surface area contributed by atoms with Gasteiger partial charge < -0.3 is 10.2 Å². The number of aliphatic carboxylic acids is 1. The molecule has 2 atom stereocenters. The minimum Gasteiger partial charge on any atom is -0.480 e. The van der Waals surface area contributed by atoms with Gasteiger partial charge in [-0.2, -0.15) is 4.72 Å². The van der Waals surface area contributed by atoms with Gasteiger partial charge in [0.1, 0.15) is 16.8 Å². The Kier molecular flexibility index (Phi) is 5.02. The van der Waals surface area contributed by atoms with Gasteiger partial charge in [-0.25, -0.2) is 12.8 Å². The fourth-order valence-electron chi connectivity index (χ4n) is 1.28. The second kappa shape index (κ2) is 5.95. The Hall–Kier alpha value is -1.03. The summed E-state index contributed by atoms with van der Waals surface area (Å²) in [6.45, 7) is 1.11. The first-order valence-corrected chi connectivity index (χ1v) is 7.31. The highest BCUT2D eigenvalue weighted by molar-refractivity contribution is 9.10. The summed E-state index contributed by atoms with van der Waals surface area (Å²) < 4.78 is 39.3. The minimum atomic E-state index is -4.38. The Balaban J connectivity index is 3.14. The number of sulfonamides is 1. The number of carbonyl (C=O) groups is 1. The summed E-state index contributed by atoms with van der Waals surface area (Å²) >= 11 is 2.97. The first-order chi connectivity index (χ1) is 8.65. The first-order valence-electron chi connectivity index (χ1n) is 5.03. The Morgan fingerprint density at radius 3 is 2.47 bits per heavy atom. The average molecular weight is 356 g/mol. The lowest BCUT2D eigenvalue weighted by molar-refractivity contribution is -0.141. The van der Waals surface area contributed by atoms with Gasteiger partial charge in [0.2, 0.25) is 10.0 Å². The van der Waals surface area contributed by atoms with Crippen molar-refractivity contribution in [3.8, 4) is 0 Å². The zero-order valence-electron chi connectivity index (χ0n) is 9.67. The molecule has 106 valence electrons. The van der Waals surface area contributed by atoms with Crippen LogP contribution in [0.25, 0.3) is 0 Å². The zero-order valence-corrected chi connectivity index (χ0v) is 12.1. The van der Waals surface area contributed by atoms with Crippen LogP contribution in [0, 0.1) is 5.82 Å². The molecular formula is C10H11BrFNO5S. The Morgan fingerprint density at radius 1 is 1.47 bits per heavy atom. The van der Waals surface area contributed by atoms with Gasteiger partial charge in [-0.3, -0.25) is 4.79 Å². The van der Waals surface area contributed by atoms with Gasteiger partial charge in [-0.15, -0.1) is 0 Å². The van der Waals surface area contributed by atoms with E-state index in [4.69, 9.17) is 5.11 Å². The highest BCUT2D eigenvalue weighted by atomic mass is 79.9. The molecule has 0 bridgehead atoms. The van der Waals surface area contributed by atoms with Gasteiger partial charge in [-0.1, -0.05) is 15.9 Å². The molecule has 3 N–H and O–H groups in total. The maximum Gasteiger partial charge on any atom is 0.324 e. The molecule has 0 saturated heterocycles. The summed E-state index contributed by atoms with van der Waals surface area (Å²) in [6, 6.07) is 1.47. The van der Waals surface area contributed by atoms with Gasteiger partial charge in [0.15, 0.2) is 0 Å². The lowest BCUT2D eigenvalue weighted by Gasteiger charge is -2.17. The fraction of sp³-hybridized carbons (Fsp3) is 0.300. The smallest absolute Gasteiger partial charge is 0.324 e. The molecule has 9 heteroatoms. The summed E-state index contributed by atoms with van der Waals surface area (Å²) in [4.78, 5) is 10.1. The molecule has 0 aliphatic rings. The van der Waals surface area contributed by atoms with Crippen LogP contribution in [0.4, 0.5) is 4.39 Å². The van der Waals surface area contributed by atoms with E-state index in [1.807, 2.05) is 0 Å². The molecule has 0 fully saturated rings. The largest absolute Gasteiger partial charge is 0.480 e. The van der Waals surface area contributed by atoms with Crippen molar-refractivity contribution in [3.05, 3.63) is 28.5 Å². The van der Waals surface area contributed by atoms with Crippen molar-refractivity contribution in [2.24, 2.45) is 0 Å². The number of aliphatic hydroxyl groups is 1. The number of hydrogen-bond donors (Lipinski definition) is 3. The van der Waals surface area contributed by atoms with Crippen molar-refractivity contribution in [1.29, 1.82) is 0 Å². The molecule has 19 heavy (non-hydrogen) atoms. The molecule has 1 aromatic rings. The second-order valence-electron chi connectivity index (χ2n) is 3.75. The van der Waals surface area contributed by atoms with Crippen LogP contribution in [0.15, 0.2) is 27.6 Å². The molecule has 0 radical (unpaired) electrons. The van der Waals surface area contributed by atoms with Crippen molar-refractivity contribution in [3.63, 3.8) is 0 Å². The lowest BCUT2D eigenvalue weighted by atomic mass is 10.2. The standard InChI is InChI=1S/C10H11BrFNO5S/c1-5(14)9(10(15)16)13-19(17,18)8-3-2-6(11)4-7(8)12/h2-5,9,13-14H,1H3,(H,15,16)/t5-,9+/m1/s1. The van der Waals surface area contributed by atoms with Crippen LogP contribution >= 0.6 is 15.9 Å². The average Bonchev–Trinajstić information content (AvgIpc) is 2.24. The van der Waals surface area contributed by atoms with Crippen LogP contribution in [-0.4, -0.2) is 36.7 Å². The number of hydrogen-bond acceptors (Lipinski definition) is 4. The molecule has 0 saturated carbocycles. The number of rotatable bonds is 5. The van der Waals surface area contributed by atoms with Crippen molar-refractivity contribution in [1.82, 2.24) is 4.72 Å². The minimum absolute atomic E-state index is 0.342. The number of carboxylic acid groups (broad SMARTS) is 1. The third kappa shape index (κ3) is 3.96. The molecule has 0 unspecified atom stereocenters. The van der Waals surface area contributed by atoms with E-state index < -0.39 is 38.9 Å². The predicted molar refractivity (Wildman–Crippen MR) is 67.5 cm³/mol. The highest BCUT2D eigenvalue weighted by Gasteiger charge is 2.30. The van der Waals surface area contributed by atoms with E-state index in [9.17, 15) is 22.7 Å². The van der Waals surface area contributed by atoms with E-state index in [0.29, 0.717) is 4.47 Å². The molecule has 0 heterocycles. The Morgan fingerprint density at radius 2 is 2.05 bits per heavy atom. The lowest BCUT2D eigenvalue weighted by Crippen LogP contribution is -2.47. The molecule has 0 aliphatic carbocycles. The van der Waals surface area contributed by atoms with Gasteiger partial charge in [0.25, 0.3) is 0 Å². The second-order valence-corrected chi connectivity index (χ2v) is 6.35. The predicted octanol–water partition coefficient (Wildman–Crippen LogP) is 0.700. The van der Waals surface area contributed by atoms with E-state index >= 15 is 0 Å². The van der Waals surface area contributed by atoms with Gasteiger partial charge in [-0.05, 0) is 25.1 Å². The summed E-state index contributed by atoms with van der Waals surface area (Å²) in [6.07, 6.45) is -1.47. The van der Waals surface area contributed by atoms with E-state index in [2.05, 4.69) is 15.9 Å². The van der Waals surface area contributed by atoms with Crippen molar-refractivity contribution < 1.29 is 27.8 Å². The van der Waals surface area contributed by atoms with E-state index in [1.54, 1.807) is 4.72 Å². The number of halogens is 2. The number of benzene rings is 1. The fourth-order valence-corrected chi connectivity index (χ4v) is 2.93. The number of aliphatic hydroxyl groups excluding tert-OH is 1. The van der Waals surface area contributed by atoms with Crippen LogP contribution in [0.2, 0.25) is 0 Å². The maximum absolute atomic E-state index is 13.5. The SMILES string of the molecule is C[C@@H](O)[C@H](NS(=O)(=O)c1ccc(Br)cc1F)C(=O)O. The highest BCUT2D eigenvalue weighted by Crippen LogP contribution is 2.19. The van der Waals surface area contributed by atoms with E-state index in [0.717, 1.165) is 19.1 Å². The van der Waals surface area contributed by atoms with Crippen LogP contribution in [0.1, 0.15) is 6.92 Å². The summed E-state index contributed by atoms with van der Waals surface area (Å²) in [5.41, 5.74) is 0. The first kappa shape index (κ1) is 16.0. The molecule has 1 rings (SSSR count). The van der Waals surface area contributed by atoms with Crippen LogP contribution in [0.3, 0.4) is 0 Å². The molecule has 0 aromatic heterocycles. The molecule has 6 nitrogen and oxygen atoms in total. The van der Waals surface area contributed by atoms with Crippen molar-refractivity contribution >= 4 is 31.9 Å². The third-order valence-electron chi connectivity index (χ3n) is 2.21. The summed E-state index contributed by atoms with van der Waals surface area (Å²) in [5.74, 6) is -2.59. The van der Waals surface area contributed by atoms with Gasteiger partial charge in [0, 0.05) is 4.47 Å². The van der Waals surface area contributed by atoms with Gasteiger partial charge >= 0.3 is 5.97 Å². The molecule has 1 aromatic carbocycles. The summed E-state index contributed by atoms with van der Waals surface area (Å²) in [7, 11) is -4.38. The number of carboxylic acids is 1. The van der Waals surface area contributed by atoms with Crippen LogP contribution < -0.4 is 4.72 Å². The molecule has 0 spiro atoms. The quantitative estimate of drug-likeness (QED) is 0.721.